The van der Waals surface area contributed by atoms with Gasteiger partial charge in [0.15, 0.2) is 0 Å². The minimum atomic E-state index is -0.350. The molecule has 1 aromatic heterocycles. The SMILES string of the molecule is CCOC(=O)c1sc(NC(=O)c2cc(C)ccc2C)cc1C. The molecule has 2 aromatic rings. The van der Waals surface area contributed by atoms with Gasteiger partial charge in [-0.15, -0.1) is 11.3 Å². The van der Waals surface area contributed by atoms with E-state index in [1.165, 1.54) is 11.3 Å². The Labute approximate surface area is 134 Å². The van der Waals surface area contributed by atoms with Crippen molar-refractivity contribution >= 4 is 28.2 Å². The number of anilines is 1. The fourth-order valence-electron chi connectivity index (χ4n) is 2.10. The Kier molecular flexibility index (Phi) is 4.98. The van der Waals surface area contributed by atoms with Crippen LogP contribution in [0.1, 0.15) is 43.6 Å². The Hall–Kier alpha value is -2.14. The molecule has 0 aliphatic carbocycles. The summed E-state index contributed by atoms with van der Waals surface area (Å²) in [5.74, 6) is -0.518. The van der Waals surface area contributed by atoms with Crippen molar-refractivity contribution in [3.8, 4) is 0 Å². The third-order valence-electron chi connectivity index (χ3n) is 3.25. The molecule has 1 amide bonds. The first-order valence-corrected chi connectivity index (χ1v) is 7.90. The quantitative estimate of drug-likeness (QED) is 0.864. The van der Waals surface area contributed by atoms with Gasteiger partial charge in [-0.25, -0.2) is 4.79 Å². The molecule has 0 aliphatic rings. The molecule has 22 heavy (non-hydrogen) atoms. The fourth-order valence-corrected chi connectivity index (χ4v) is 3.06. The van der Waals surface area contributed by atoms with Crippen molar-refractivity contribution in [2.45, 2.75) is 27.7 Å². The minimum Gasteiger partial charge on any atom is -0.462 e. The second-order valence-electron chi connectivity index (χ2n) is 5.12. The number of aryl methyl sites for hydroxylation is 3. The Balaban J connectivity index is 2.20. The van der Waals surface area contributed by atoms with Crippen LogP contribution in [0, 0.1) is 20.8 Å². The molecule has 1 heterocycles. The number of ether oxygens (including phenoxy) is 1. The van der Waals surface area contributed by atoms with Gasteiger partial charge in [0.1, 0.15) is 4.88 Å². The molecular formula is C17H19NO3S. The number of esters is 1. The van der Waals surface area contributed by atoms with E-state index >= 15 is 0 Å². The van der Waals surface area contributed by atoms with Gasteiger partial charge in [0.2, 0.25) is 0 Å². The number of rotatable bonds is 4. The number of thiophene rings is 1. The zero-order chi connectivity index (χ0) is 16.3. The monoisotopic (exact) mass is 317 g/mol. The molecule has 1 N–H and O–H groups in total. The van der Waals surface area contributed by atoms with E-state index in [0.717, 1.165) is 16.7 Å². The first kappa shape index (κ1) is 16.2. The van der Waals surface area contributed by atoms with Crippen LogP contribution in [0.4, 0.5) is 5.00 Å². The lowest BCUT2D eigenvalue weighted by molar-refractivity contribution is 0.0531. The molecule has 0 bridgehead atoms. The summed E-state index contributed by atoms with van der Waals surface area (Å²) in [7, 11) is 0. The molecule has 0 unspecified atom stereocenters. The summed E-state index contributed by atoms with van der Waals surface area (Å²) >= 11 is 1.23. The first-order chi connectivity index (χ1) is 10.4. The number of hydrogen-bond acceptors (Lipinski definition) is 4. The zero-order valence-corrected chi connectivity index (χ0v) is 14.0. The highest BCUT2D eigenvalue weighted by atomic mass is 32.1. The smallest absolute Gasteiger partial charge is 0.348 e. The minimum absolute atomic E-state index is 0.169. The van der Waals surface area contributed by atoms with E-state index in [2.05, 4.69) is 5.32 Å². The highest BCUT2D eigenvalue weighted by Gasteiger charge is 2.17. The van der Waals surface area contributed by atoms with Gasteiger partial charge in [-0.2, -0.15) is 0 Å². The molecule has 4 nitrogen and oxygen atoms in total. The third-order valence-corrected chi connectivity index (χ3v) is 4.39. The molecule has 116 valence electrons. The maximum absolute atomic E-state index is 12.4. The molecule has 0 saturated heterocycles. The van der Waals surface area contributed by atoms with Crippen molar-refractivity contribution < 1.29 is 14.3 Å². The van der Waals surface area contributed by atoms with Crippen molar-refractivity contribution in [2.75, 3.05) is 11.9 Å². The van der Waals surface area contributed by atoms with Crippen LogP contribution in [0.2, 0.25) is 0 Å². The summed E-state index contributed by atoms with van der Waals surface area (Å²) in [6.45, 7) is 7.78. The number of hydrogen-bond donors (Lipinski definition) is 1. The lowest BCUT2D eigenvalue weighted by Gasteiger charge is -2.07. The Morgan fingerprint density at radius 2 is 1.86 bits per heavy atom. The molecular weight excluding hydrogens is 298 g/mol. The van der Waals surface area contributed by atoms with Crippen LogP contribution in [0.25, 0.3) is 0 Å². The van der Waals surface area contributed by atoms with Gasteiger partial charge in [0.25, 0.3) is 5.91 Å². The van der Waals surface area contributed by atoms with Crippen LogP contribution in [0.3, 0.4) is 0 Å². The van der Waals surface area contributed by atoms with Gasteiger partial charge in [-0.05, 0) is 51.0 Å². The summed E-state index contributed by atoms with van der Waals surface area (Å²) in [4.78, 5) is 24.7. The maximum atomic E-state index is 12.4. The van der Waals surface area contributed by atoms with E-state index < -0.39 is 0 Å². The Bertz CT molecular complexity index is 719. The second-order valence-corrected chi connectivity index (χ2v) is 6.17. The van der Waals surface area contributed by atoms with E-state index in [1.54, 1.807) is 13.0 Å². The normalized spacial score (nSPS) is 10.4. The first-order valence-electron chi connectivity index (χ1n) is 7.08. The second kappa shape index (κ2) is 6.75. The van der Waals surface area contributed by atoms with Gasteiger partial charge in [-0.3, -0.25) is 4.79 Å². The van der Waals surface area contributed by atoms with Gasteiger partial charge in [0, 0.05) is 5.56 Å². The predicted molar refractivity (Wildman–Crippen MR) is 88.9 cm³/mol. The van der Waals surface area contributed by atoms with Gasteiger partial charge < -0.3 is 10.1 Å². The molecule has 0 atom stereocenters. The predicted octanol–water partition coefficient (Wildman–Crippen LogP) is 4.10. The van der Waals surface area contributed by atoms with Crippen molar-refractivity contribution in [1.29, 1.82) is 0 Å². The van der Waals surface area contributed by atoms with E-state index in [0.29, 0.717) is 22.0 Å². The van der Waals surface area contributed by atoms with E-state index in [9.17, 15) is 9.59 Å². The van der Waals surface area contributed by atoms with Crippen LogP contribution in [0.15, 0.2) is 24.3 Å². The molecule has 1 aromatic carbocycles. The summed E-state index contributed by atoms with van der Waals surface area (Å²) in [6, 6.07) is 7.55. The largest absolute Gasteiger partial charge is 0.462 e. The lowest BCUT2D eigenvalue weighted by atomic mass is 10.1. The summed E-state index contributed by atoms with van der Waals surface area (Å²) < 4.78 is 5.01. The van der Waals surface area contributed by atoms with Gasteiger partial charge >= 0.3 is 5.97 Å². The molecule has 0 saturated carbocycles. The van der Waals surface area contributed by atoms with E-state index in [-0.39, 0.29) is 11.9 Å². The zero-order valence-electron chi connectivity index (χ0n) is 13.1. The van der Waals surface area contributed by atoms with E-state index in [4.69, 9.17) is 4.74 Å². The summed E-state index contributed by atoms with van der Waals surface area (Å²) in [6.07, 6.45) is 0. The standard InChI is InChI=1S/C17H19NO3S/c1-5-21-17(20)15-12(4)9-14(22-15)18-16(19)13-8-10(2)6-7-11(13)3/h6-9H,5H2,1-4H3,(H,18,19). The fraction of sp³-hybridized carbons (Fsp3) is 0.294. The van der Waals surface area contributed by atoms with Crippen molar-refractivity contribution in [3.63, 3.8) is 0 Å². The van der Waals surface area contributed by atoms with Crippen molar-refractivity contribution in [3.05, 3.63) is 51.4 Å². The van der Waals surface area contributed by atoms with Crippen LogP contribution >= 0.6 is 11.3 Å². The maximum Gasteiger partial charge on any atom is 0.348 e. The lowest BCUT2D eigenvalue weighted by Crippen LogP contribution is -2.12. The molecule has 0 fully saturated rings. The van der Waals surface area contributed by atoms with Crippen LogP contribution < -0.4 is 5.32 Å². The van der Waals surface area contributed by atoms with Crippen LogP contribution in [-0.4, -0.2) is 18.5 Å². The Morgan fingerprint density at radius 1 is 1.14 bits per heavy atom. The molecule has 5 heteroatoms. The molecule has 0 spiro atoms. The molecule has 0 radical (unpaired) electrons. The van der Waals surface area contributed by atoms with E-state index in [1.807, 2.05) is 39.0 Å². The number of carbonyl (C=O) groups is 2. The average Bonchev–Trinajstić information content (AvgIpc) is 2.82. The van der Waals surface area contributed by atoms with Crippen LogP contribution in [-0.2, 0) is 4.74 Å². The van der Waals surface area contributed by atoms with Gasteiger partial charge in [-0.1, -0.05) is 17.7 Å². The van der Waals surface area contributed by atoms with Crippen molar-refractivity contribution in [2.24, 2.45) is 0 Å². The third kappa shape index (κ3) is 3.54. The number of amides is 1. The average molecular weight is 317 g/mol. The Morgan fingerprint density at radius 3 is 2.55 bits per heavy atom. The highest BCUT2D eigenvalue weighted by molar-refractivity contribution is 7.18. The highest BCUT2D eigenvalue weighted by Crippen LogP contribution is 2.28. The number of benzene rings is 1. The summed E-state index contributed by atoms with van der Waals surface area (Å²) in [5, 5.41) is 3.50. The van der Waals surface area contributed by atoms with Crippen LogP contribution in [0.5, 0.6) is 0 Å². The van der Waals surface area contributed by atoms with Gasteiger partial charge in [0.05, 0.1) is 11.6 Å². The molecule has 0 aliphatic heterocycles. The number of nitrogens with one attached hydrogen (secondary N) is 1. The van der Waals surface area contributed by atoms with Crippen molar-refractivity contribution in [1.82, 2.24) is 0 Å². The summed E-state index contributed by atoms with van der Waals surface area (Å²) in [5.41, 5.74) is 3.40. The molecule has 2 rings (SSSR count). The number of carbonyl (C=O) groups excluding carboxylic acids is 2. The topological polar surface area (TPSA) is 55.4 Å².